The highest BCUT2D eigenvalue weighted by molar-refractivity contribution is 5.97. The Kier molecular flexibility index (Phi) is 12.1. The van der Waals surface area contributed by atoms with Crippen molar-refractivity contribution in [2.45, 2.75) is 58.8 Å². The summed E-state index contributed by atoms with van der Waals surface area (Å²) in [7, 11) is 3.00. The van der Waals surface area contributed by atoms with E-state index in [0.717, 1.165) is 25.7 Å². The molecule has 0 spiro atoms. The van der Waals surface area contributed by atoms with E-state index in [-0.39, 0.29) is 0 Å². The fourth-order valence-corrected chi connectivity index (χ4v) is 1.62. The molecule has 0 saturated carbocycles. The van der Waals surface area contributed by atoms with E-state index in [9.17, 15) is 0 Å². The minimum atomic E-state index is -0.896. The van der Waals surface area contributed by atoms with Crippen LogP contribution in [0, 0.1) is 0 Å². The van der Waals surface area contributed by atoms with E-state index in [1.165, 1.54) is 0 Å². The van der Waals surface area contributed by atoms with Gasteiger partial charge in [-0.05, 0) is 25.7 Å². The van der Waals surface area contributed by atoms with Crippen molar-refractivity contribution in [3.05, 3.63) is 0 Å². The highest BCUT2D eigenvalue weighted by atomic mass is 28.2. The van der Waals surface area contributed by atoms with Gasteiger partial charge in [0.2, 0.25) is 10.5 Å². The smallest absolute Gasteiger partial charge is 0.282 e. The van der Waals surface area contributed by atoms with Gasteiger partial charge in [0, 0.05) is 13.0 Å². The molecule has 5 heteroatoms. The first-order valence-electron chi connectivity index (χ1n) is 6.95. The molecule has 0 aromatic carbocycles. The third-order valence-corrected chi connectivity index (χ3v) is 2.51. The zero-order valence-electron chi connectivity index (χ0n) is 12.0. The van der Waals surface area contributed by atoms with Crippen LogP contribution in [0.5, 0.6) is 0 Å². The van der Waals surface area contributed by atoms with Crippen molar-refractivity contribution in [1.82, 2.24) is 0 Å². The molecule has 0 aromatic rings. The predicted octanol–water partition coefficient (Wildman–Crippen LogP) is 2.80. The molecule has 0 heterocycles. The van der Waals surface area contributed by atoms with E-state index >= 15 is 0 Å². The topological polar surface area (TPSA) is 36.9 Å². The largest absolute Gasteiger partial charge is 0.419 e. The normalized spacial score (nSPS) is 12.0. The van der Waals surface area contributed by atoms with Gasteiger partial charge in [-0.15, -0.1) is 0 Å². The minimum absolute atomic E-state index is 0.610. The first kappa shape index (κ1) is 18.1. The van der Waals surface area contributed by atoms with Gasteiger partial charge in [0.15, 0.2) is 0 Å². The molecule has 0 aromatic heterocycles. The van der Waals surface area contributed by atoms with Crippen LogP contribution in [0.3, 0.4) is 0 Å². The lowest BCUT2D eigenvalue weighted by Crippen LogP contribution is -2.40. The summed E-state index contributed by atoms with van der Waals surface area (Å²) in [6, 6.07) is 0. The summed E-state index contributed by atoms with van der Waals surface area (Å²) in [6.07, 6.45) is 4.34. The molecule has 0 atom stereocenters. The SMILES string of the molecule is CCCOC(CCCO[Si])(OCCC)OCCC. The maximum absolute atomic E-state index is 5.81. The second-order valence-electron chi connectivity index (χ2n) is 4.18. The molecule has 0 saturated heterocycles. The van der Waals surface area contributed by atoms with E-state index in [1.54, 1.807) is 0 Å². The van der Waals surface area contributed by atoms with Crippen molar-refractivity contribution in [3.63, 3.8) is 0 Å². The molecule has 4 nitrogen and oxygen atoms in total. The Bertz CT molecular complexity index is 157. The lowest BCUT2D eigenvalue weighted by Gasteiger charge is -2.33. The summed E-state index contributed by atoms with van der Waals surface area (Å²) in [5, 5.41) is 0. The van der Waals surface area contributed by atoms with Crippen LogP contribution in [0.25, 0.3) is 0 Å². The summed E-state index contributed by atoms with van der Waals surface area (Å²) < 4.78 is 22.3. The Morgan fingerprint density at radius 2 is 1.22 bits per heavy atom. The van der Waals surface area contributed by atoms with E-state index in [1.807, 2.05) is 0 Å². The number of hydrogen-bond acceptors (Lipinski definition) is 4. The van der Waals surface area contributed by atoms with Gasteiger partial charge in [0.1, 0.15) is 0 Å². The van der Waals surface area contributed by atoms with Gasteiger partial charge in [-0.1, -0.05) is 20.8 Å². The maximum atomic E-state index is 5.81. The summed E-state index contributed by atoms with van der Waals surface area (Å²) in [4.78, 5) is 0. The average Bonchev–Trinajstić information content (AvgIpc) is 2.40. The molecular weight excluding hydrogens is 248 g/mol. The summed E-state index contributed by atoms with van der Waals surface area (Å²) in [5.41, 5.74) is 0. The lowest BCUT2D eigenvalue weighted by atomic mass is 10.2. The maximum Gasteiger partial charge on any atom is 0.282 e. The quantitative estimate of drug-likeness (QED) is 0.294. The van der Waals surface area contributed by atoms with Crippen LogP contribution in [0.2, 0.25) is 0 Å². The Hall–Kier alpha value is 0.0569. The minimum Gasteiger partial charge on any atom is -0.419 e. The first-order valence-corrected chi connectivity index (χ1v) is 7.35. The van der Waals surface area contributed by atoms with Gasteiger partial charge < -0.3 is 18.6 Å². The van der Waals surface area contributed by atoms with Crippen LogP contribution in [0.4, 0.5) is 0 Å². The fourth-order valence-electron chi connectivity index (χ4n) is 1.48. The van der Waals surface area contributed by atoms with Crippen LogP contribution >= 0.6 is 0 Å². The summed E-state index contributed by atoms with van der Waals surface area (Å²) in [6.45, 7) is 8.76. The van der Waals surface area contributed by atoms with Crippen LogP contribution in [-0.4, -0.2) is 42.9 Å². The molecule has 0 unspecified atom stereocenters. The second-order valence-corrected chi connectivity index (χ2v) is 4.47. The van der Waals surface area contributed by atoms with Crippen LogP contribution in [0.1, 0.15) is 52.9 Å². The summed E-state index contributed by atoms with van der Waals surface area (Å²) >= 11 is 0. The molecule has 3 radical (unpaired) electrons. The zero-order valence-corrected chi connectivity index (χ0v) is 13.0. The molecule has 0 fully saturated rings. The van der Waals surface area contributed by atoms with Crippen molar-refractivity contribution < 1.29 is 18.6 Å². The van der Waals surface area contributed by atoms with Gasteiger partial charge in [-0.25, -0.2) is 0 Å². The van der Waals surface area contributed by atoms with Gasteiger partial charge in [-0.3, -0.25) is 0 Å². The number of hydrogen-bond donors (Lipinski definition) is 0. The molecule has 0 aliphatic carbocycles. The third kappa shape index (κ3) is 8.21. The van der Waals surface area contributed by atoms with Gasteiger partial charge in [0.25, 0.3) is 5.97 Å². The van der Waals surface area contributed by atoms with Gasteiger partial charge in [0.05, 0.1) is 19.8 Å². The summed E-state index contributed by atoms with van der Waals surface area (Å²) in [5.74, 6) is -0.896. The van der Waals surface area contributed by atoms with Crippen molar-refractivity contribution in [2.24, 2.45) is 0 Å². The highest BCUT2D eigenvalue weighted by Crippen LogP contribution is 2.23. The van der Waals surface area contributed by atoms with E-state index in [0.29, 0.717) is 32.8 Å². The Morgan fingerprint density at radius 1 is 0.778 bits per heavy atom. The fraction of sp³-hybridized carbons (Fsp3) is 1.00. The number of rotatable bonds is 13. The third-order valence-electron chi connectivity index (χ3n) is 2.31. The van der Waals surface area contributed by atoms with Gasteiger partial charge >= 0.3 is 0 Å². The standard InChI is InChI=1S/C13H27O4Si/c1-4-9-14-13(15-10-5-2,16-11-6-3)8-7-12-17-18/h4-12H2,1-3H3. The number of ether oxygens (including phenoxy) is 3. The van der Waals surface area contributed by atoms with Crippen LogP contribution in [-0.2, 0) is 18.6 Å². The first-order chi connectivity index (χ1) is 8.74. The predicted molar refractivity (Wildman–Crippen MR) is 72.4 cm³/mol. The molecule has 0 rings (SSSR count). The van der Waals surface area contributed by atoms with E-state index in [4.69, 9.17) is 18.6 Å². The average molecular weight is 275 g/mol. The molecule has 0 aliphatic rings. The van der Waals surface area contributed by atoms with Crippen LogP contribution in [0.15, 0.2) is 0 Å². The molecule has 0 amide bonds. The van der Waals surface area contributed by atoms with E-state index in [2.05, 4.69) is 31.3 Å². The lowest BCUT2D eigenvalue weighted by molar-refractivity contribution is -0.384. The molecule has 107 valence electrons. The Morgan fingerprint density at radius 3 is 1.56 bits per heavy atom. The molecule has 0 bridgehead atoms. The van der Waals surface area contributed by atoms with Crippen molar-refractivity contribution in [3.8, 4) is 0 Å². The van der Waals surface area contributed by atoms with Crippen molar-refractivity contribution in [2.75, 3.05) is 26.4 Å². The Labute approximate surface area is 115 Å². The van der Waals surface area contributed by atoms with E-state index < -0.39 is 5.97 Å². The van der Waals surface area contributed by atoms with Gasteiger partial charge in [-0.2, -0.15) is 0 Å². The van der Waals surface area contributed by atoms with Crippen molar-refractivity contribution in [1.29, 1.82) is 0 Å². The monoisotopic (exact) mass is 275 g/mol. The second kappa shape index (κ2) is 12.1. The zero-order chi connectivity index (χ0) is 13.7. The van der Waals surface area contributed by atoms with Crippen LogP contribution < -0.4 is 0 Å². The molecule has 0 aliphatic heterocycles. The molecule has 18 heavy (non-hydrogen) atoms. The molecule has 0 N–H and O–H groups in total. The van der Waals surface area contributed by atoms with Crippen molar-refractivity contribution >= 4 is 10.5 Å². The Balaban J connectivity index is 4.41. The molecular formula is C13H27O4Si. The highest BCUT2D eigenvalue weighted by Gasteiger charge is 2.32.